The van der Waals surface area contributed by atoms with Crippen LogP contribution in [0.15, 0.2) is 48.5 Å². The van der Waals surface area contributed by atoms with Crippen molar-refractivity contribution in [1.82, 2.24) is 10.2 Å². The van der Waals surface area contributed by atoms with Gasteiger partial charge in [0.15, 0.2) is 0 Å². The van der Waals surface area contributed by atoms with E-state index >= 15 is 0 Å². The van der Waals surface area contributed by atoms with Gasteiger partial charge in [-0.15, -0.1) is 0 Å². The van der Waals surface area contributed by atoms with Crippen LogP contribution in [0.1, 0.15) is 32.8 Å². The Bertz CT molecular complexity index is 1060. The molecule has 180 valence electrons. The van der Waals surface area contributed by atoms with E-state index < -0.39 is 28.5 Å². The molecule has 0 aliphatic carbocycles. The van der Waals surface area contributed by atoms with Gasteiger partial charge in [0.05, 0.1) is 11.9 Å². The minimum atomic E-state index is -3.85. The van der Waals surface area contributed by atoms with Gasteiger partial charge in [-0.3, -0.25) is 13.9 Å². The van der Waals surface area contributed by atoms with E-state index in [0.717, 1.165) is 22.5 Å². The predicted molar refractivity (Wildman–Crippen MR) is 133 cm³/mol. The van der Waals surface area contributed by atoms with Crippen molar-refractivity contribution in [3.63, 3.8) is 0 Å². The van der Waals surface area contributed by atoms with Crippen LogP contribution in [0.4, 0.5) is 5.69 Å². The number of nitrogens with one attached hydrogen (secondary N) is 1. The van der Waals surface area contributed by atoms with Crippen LogP contribution in [0.5, 0.6) is 0 Å². The summed E-state index contributed by atoms with van der Waals surface area (Å²) in [5.74, 6) is -0.850. The number of hydrogen-bond acceptors (Lipinski definition) is 4. The third-order valence-corrected chi connectivity index (χ3v) is 6.76. The Hall–Kier alpha value is -2.29. The molecule has 2 aromatic rings. The summed E-state index contributed by atoms with van der Waals surface area (Å²) in [5, 5.41) is 3.36. The summed E-state index contributed by atoms with van der Waals surface area (Å²) in [5.41, 5.74) is 0.977. The van der Waals surface area contributed by atoms with Crippen molar-refractivity contribution in [1.29, 1.82) is 0 Å². The molecule has 7 nitrogen and oxygen atoms in total. The van der Waals surface area contributed by atoms with Crippen LogP contribution in [0, 0.1) is 0 Å². The fourth-order valence-electron chi connectivity index (χ4n) is 3.13. The van der Waals surface area contributed by atoms with Crippen molar-refractivity contribution in [3.8, 4) is 0 Å². The molecule has 0 aromatic heterocycles. The van der Waals surface area contributed by atoms with Crippen LogP contribution in [0.25, 0.3) is 0 Å². The molecule has 0 radical (unpaired) electrons. The average Bonchev–Trinajstić information content (AvgIpc) is 2.74. The molecule has 0 saturated carbocycles. The fourth-order valence-corrected chi connectivity index (χ4v) is 4.47. The minimum Gasteiger partial charge on any atom is -0.352 e. The van der Waals surface area contributed by atoms with Crippen molar-refractivity contribution in [2.24, 2.45) is 0 Å². The summed E-state index contributed by atoms with van der Waals surface area (Å²) in [6.45, 7) is 5.08. The summed E-state index contributed by atoms with van der Waals surface area (Å²) in [4.78, 5) is 27.6. The number of carbonyl (C=O) groups is 2. The van der Waals surface area contributed by atoms with Crippen molar-refractivity contribution in [3.05, 3.63) is 64.1 Å². The number of halogens is 2. The van der Waals surface area contributed by atoms with E-state index in [1.165, 1.54) is 23.1 Å². The van der Waals surface area contributed by atoms with Gasteiger partial charge in [0.1, 0.15) is 12.6 Å². The van der Waals surface area contributed by atoms with Gasteiger partial charge in [-0.05, 0) is 44.0 Å². The molecular weight excluding hydrogens is 485 g/mol. The lowest BCUT2D eigenvalue weighted by atomic mass is 10.1. The minimum absolute atomic E-state index is 0.0604. The number of amides is 2. The maximum absolute atomic E-state index is 13.4. The highest BCUT2D eigenvalue weighted by Crippen LogP contribution is 2.27. The molecule has 0 aliphatic rings. The van der Waals surface area contributed by atoms with Crippen molar-refractivity contribution in [2.45, 2.75) is 45.8 Å². The number of hydrogen-bond donors (Lipinski definition) is 1. The zero-order valence-corrected chi connectivity index (χ0v) is 21.4. The molecule has 2 aromatic carbocycles. The van der Waals surface area contributed by atoms with Gasteiger partial charge in [-0.25, -0.2) is 8.42 Å². The highest BCUT2D eigenvalue weighted by molar-refractivity contribution is 7.92. The Balaban J connectivity index is 2.39. The van der Waals surface area contributed by atoms with E-state index in [1.807, 2.05) is 44.2 Å². The maximum Gasteiger partial charge on any atom is 0.244 e. The number of carbonyl (C=O) groups excluding carboxylic acids is 2. The van der Waals surface area contributed by atoms with Crippen molar-refractivity contribution in [2.75, 3.05) is 17.1 Å². The molecule has 0 bridgehead atoms. The second-order valence-corrected chi connectivity index (χ2v) is 10.7. The smallest absolute Gasteiger partial charge is 0.244 e. The molecule has 2 atom stereocenters. The van der Waals surface area contributed by atoms with Crippen LogP contribution in [-0.2, 0) is 26.2 Å². The molecule has 10 heteroatoms. The van der Waals surface area contributed by atoms with E-state index in [1.54, 1.807) is 6.92 Å². The Morgan fingerprint density at radius 3 is 2.12 bits per heavy atom. The normalized spacial score (nSPS) is 13.2. The van der Waals surface area contributed by atoms with E-state index in [-0.39, 0.29) is 34.2 Å². The number of benzene rings is 2. The van der Waals surface area contributed by atoms with Crippen LogP contribution in [-0.4, -0.2) is 50.0 Å². The first-order valence-corrected chi connectivity index (χ1v) is 13.1. The fraction of sp³-hybridized carbons (Fsp3) is 0.391. The quantitative estimate of drug-likeness (QED) is 0.518. The summed E-state index contributed by atoms with van der Waals surface area (Å²) in [6, 6.07) is 12.6. The van der Waals surface area contributed by atoms with Gasteiger partial charge in [0, 0.05) is 22.6 Å². The van der Waals surface area contributed by atoms with Crippen LogP contribution in [0.2, 0.25) is 10.0 Å². The van der Waals surface area contributed by atoms with Crippen LogP contribution < -0.4 is 9.62 Å². The highest BCUT2D eigenvalue weighted by atomic mass is 35.5. The number of nitrogens with zero attached hydrogens (tertiary/aromatic N) is 2. The van der Waals surface area contributed by atoms with Gasteiger partial charge < -0.3 is 10.2 Å². The first-order valence-electron chi connectivity index (χ1n) is 10.5. The summed E-state index contributed by atoms with van der Waals surface area (Å²) < 4.78 is 26.0. The lowest BCUT2D eigenvalue weighted by Crippen LogP contribution is -2.52. The highest BCUT2D eigenvalue weighted by Gasteiger charge is 2.30. The Morgan fingerprint density at radius 2 is 1.61 bits per heavy atom. The van der Waals surface area contributed by atoms with Gasteiger partial charge in [0.25, 0.3) is 0 Å². The lowest BCUT2D eigenvalue weighted by Gasteiger charge is -2.32. The molecule has 0 fully saturated rings. The molecule has 0 spiro atoms. The predicted octanol–water partition coefficient (Wildman–Crippen LogP) is 4.09. The number of anilines is 1. The van der Waals surface area contributed by atoms with Gasteiger partial charge in [-0.1, -0.05) is 60.5 Å². The summed E-state index contributed by atoms with van der Waals surface area (Å²) in [7, 11) is -3.85. The molecular formula is C23H29Cl2N3O4S. The van der Waals surface area contributed by atoms with Crippen molar-refractivity contribution < 1.29 is 18.0 Å². The maximum atomic E-state index is 13.4. The van der Waals surface area contributed by atoms with E-state index in [0.29, 0.717) is 0 Å². The number of rotatable bonds is 10. The third-order valence-electron chi connectivity index (χ3n) is 5.18. The Labute approximate surface area is 205 Å². The average molecular weight is 514 g/mol. The largest absolute Gasteiger partial charge is 0.352 e. The zero-order valence-electron chi connectivity index (χ0n) is 19.1. The Morgan fingerprint density at radius 1 is 1.03 bits per heavy atom. The second-order valence-electron chi connectivity index (χ2n) is 7.90. The topological polar surface area (TPSA) is 86.8 Å². The summed E-state index contributed by atoms with van der Waals surface area (Å²) in [6.07, 6.45) is 1.73. The molecule has 33 heavy (non-hydrogen) atoms. The van der Waals surface area contributed by atoms with Gasteiger partial charge >= 0.3 is 0 Å². The van der Waals surface area contributed by atoms with E-state index in [4.69, 9.17) is 23.2 Å². The molecule has 2 rings (SSSR count). The second kappa shape index (κ2) is 11.7. The molecule has 2 amide bonds. The Kier molecular flexibility index (Phi) is 9.57. The molecule has 0 unspecified atom stereocenters. The molecule has 0 aliphatic heterocycles. The third kappa shape index (κ3) is 7.91. The molecule has 1 N–H and O–H groups in total. The van der Waals surface area contributed by atoms with Gasteiger partial charge in [0.2, 0.25) is 21.8 Å². The monoisotopic (exact) mass is 513 g/mol. The SMILES string of the molecule is CC[C@@H](C)NC(=O)[C@@H](C)N(Cc1ccccc1)C(=O)CN(c1cc(Cl)cc(Cl)c1)S(C)(=O)=O. The van der Waals surface area contributed by atoms with Crippen molar-refractivity contribution >= 4 is 50.7 Å². The first kappa shape index (κ1) is 27.0. The standard InChI is InChI=1S/C23H29Cl2N3O4S/c1-5-16(2)26-23(30)17(3)27(14-18-9-7-6-8-10-18)22(29)15-28(33(4,31)32)21-12-19(24)11-20(25)13-21/h6-13,16-17H,5,14-15H2,1-4H3,(H,26,30)/t16-,17-/m1/s1. The first-order chi connectivity index (χ1) is 15.4. The zero-order chi connectivity index (χ0) is 24.8. The molecule has 0 heterocycles. The summed E-state index contributed by atoms with van der Waals surface area (Å²) >= 11 is 12.1. The van der Waals surface area contributed by atoms with Crippen LogP contribution >= 0.6 is 23.2 Å². The molecule has 0 saturated heterocycles. The van der Waals surface area contributed by atoms with Gasteiger partial charge in [-0.2, -0.15) is 0 Å². The van der Waals surface area contributed by atoms with Crippen LogP contribution in [0.3, 0.4) is 0 Å². The van der Waals surface area contributed by atoms with E-state index in [9.17, 15) is 18.0 Å². The lowest BCUT2D eigenvalue weighted by molar-refractivity contribution is -0.139. The number of sulfonamides is 1. The van der Waals surface area contributed by atoms with E-state index in [2.05, 4.69) is 5.32 Å².